The summed E-state index contributed by atoms with van der Waals surface area (Å²) in [6.07, 6.45) is 0.555. The lowest BCUT2D eigenvalue weighted by Gasteiger charge is -2.35. The van der Waals surface area contributed by atoms with Gasteiger partial charge in [0.2, 0.25) is 5.91 Å². The van der Waals surface area contributed by atoms with Crippen molar-refractivity contribution >= 4 is 11.9 Å². The van der Waals surface area contributed by atoms with E-state index >= 15 is 0 Å². The van der Waals surface area contributed by atoms with E-state index in [4.69, 9.17) is 5.73 Å². The molecule has 31 heavy (non-hydrogen) atoms. The lowest BCUT2D eigenvalue weighted by molar-refractivity contribution is -0.131. The summed E-state index contributed by atoms with van der Waals surface area (Å²) in [5.74, 6) is -3.47. The topological polar surface area (TPSA) is 73.1 Å². The number of nitrogens with zero attached hydrogens (tertiary/aromatic N) is 4. The van der Waals surface area contributed by atoms with Crippen LogP contribution < -0.4 is 5.73 Å². The van der Waals surface area contributed by atoms with Crippen molar-refractivity contribution in [1.82, 2.24) is 19.6 Å². The van der Waals surface area contributed by atoms with Crippen molar-refractivity contribution in [3.63, 3.8) is 0 Å². The Hall–Kier alpha value is -2.33. The van der Waals surface area contributed by atoms with Crippen LogP contribution in [-0.4, -0.2) is 97.0 Å². The Morgan fingerprint density at radius 3 is 2.13 bits per heavy atom. The molecule has 2 fully saturated rings. The number of hydrogen-bond donors (Lipinski definition) is 1. The standard InChI is InChI=1S/C21H30F3N5O2/c1-26-5-7-29(8-6-26)21(31)28-4-2-3-27(9-10-28)20(30)13-16(25)11-15-12-18(23)19(24)14-17(15)22/h12,14,16H,2-11,13,25H2,1H3/t16-/m1/s1. The summed E-state index contributed by atoms with van der Waals surface area (Å²) in [7, 11) is 2.03. The molecule has 10 heteroatoms. The molecule has 0 spiro atoms. The lowest BCUT2D eigenvalue weighted by atomic mass is 10.0. The first-order valence-corrected chi connectivity index (χ1v) is 10.6. The minimum Gasteiger partial charge on any atom is -0.341 e. The molecule has 2 saturated heterocycles. The fourth-order valence-electron chi connectivity index (χ4n) is 3.98. The highest BCUT2D eigenvalue weighted by Gasteiger charge is 2.27. The smallest absolute Gasteiger partial charge is 0.320 e. The van der Waals surface area contributed by atoms with Crippen LogP contribution in [0, 0.1) is 17.5 Å². The molecular weight excluding hydrogens is 411 g/mol. The van der Waals surface area contributed by atoms with E-state index < -0.39 is 23.5 Å². The average molecular weight is 441 g/mol. The van der Waals surface area contributed by atoms with E-state index in [1.807, 2.05) is 11.9 Å². The molecule has 0 radical (unpaired) electrons. The zero-order valence-electron chi connectivity index (χ0n) is 17.8. The van der Waals surface area contributed by atoms with Gasteiger partial charge in [-0.05, 0) is 31.5 Å². The van der Waals surface area contributed by atoms with Crippen LogP contribution >= 0.6 is 0 Å². The molecule has 2 heterocycles. The van der Waals surface area contributed by atoms with Gasteiger partial charge in [-0.2, -0.15) is 0 Å². The fraction of sp³-hybridized carbons (Fsp3) is 0.619. The first-order valence-electron chi connectivity index (χ1n) is 10.6. The second kappa shape index (κ2) is 10.3. The predicted molar refractivity (Wildman–Crippen MR) is 110 cm³/mol. The van der Waals surface area contributed by atoms with E-state index in [1.165, 1.54) is 0 Å². The minimum absolute atomic E-state index is 0.00733. The van der Waals surface area contributed by atoms with Crippen LogP contribution in [0.3, 0.4) is 0 Å². The molecule has 2 aliphatic heterocycles. The van der Waals surface area contributed by atoms with Crippen molar-refractivity contribution in [2.75, 3.05) is 59.4 Å². The Morgan fingerprint density at radius 1 is 0.871 bits per heavy atom. The van der Waals surface area contributed by atoms with Crippen LogP contribution in [-0.2, 0) is 11.2 Å². The molecule has 2 N–H and O–H groups in total. The number of nitrogens with two attached hydrogens (primary N) is 1. The van der Waals surface area contributed by atoms with Gasteiger partial charge in [0.05, 0.1) is 0 Å². The number of hydrogen-bond acceptors (Lipinski definition) is 4. The number of piperazine rings is 1. The summed E-state index contributed by atoms with van der Waals surface area (Å²) in [5, 5.41) is 0. The van der Waals surface area contributed by atoms with E-state index in [2.05, 4.69) is 4.90 Å². The fourth-order valence-corrected chi connectivity index (χ4v) is 3.98. The Balaban J connectivity index is 1.50. The number of benzene rings is 1. The van der Waals surface area contributed by atoms with Gasteiger partial charge in [-0.3, -0.25) is 4.79 Å². The normalized spacial score (nSPS) is 19.3. The molecular formula is C21H30F3N5O2. The van der Waals surface area contributed by atoms with Gasteiger partial charge in [0, 0.05) is 70.9 Å². The summed E-state index contributed by atoms with van der Waals surface area (Å²) < 4.78 is 40.3. The SMILES string of the molecule is CN1CCN(C(=O)N2CCCN(C(=O)C[C@H](N)Cc3cc(F)c(F)cc3F)CC2)CC1. The first-order chi connectivity index (χ1) is 14.7. The quantitative estimate of drug-likeness (QED) is 0.715. The zero-order valence-corrected chi connectivity index (χ0v) is 17.8. The zero-order chi connectivity index (χ0) is 22.5. The maximum Gasteiger partial charge on any atom is 0.320 e. The number of rotatable bonds is 4. The average Bonchev–Trinajstić information content (AvgIpc) is 2.98. The van der Waals surface area contributed by atoms with Crippen molar-refractivity contribution in [3.8, 4) is 0 Å². The van der Waals surface area contributed by atoms with Gasteiger partial charge in [-0.25, -0.2) is 18.0 Å². The third-order valence-corrected chi connectivity index (χ3v) is 5.90. The highest BCUT2D eigenvalue weighted by atomic mass is 19.2. The molecule has 1 aromatic carbocycles. The van der Waals surface area contributed by atoms with Crippen molar-refractivity contribution < 1.29 is 22.8 Å². The van der Waals surface area contributed by atoms with E-state index in [1.54, 1.807) is 9.80 Å². The number of halogens is 3. The first kappa shape index (κ1) is 23.3. The van der Waals surface area contributed by atoms with Crippen molar-refractivity contribution in [3.05, 3.63) is 35.1 Å². The van der Waals surface area contributed by atoms with E-state index in [0.29, 0.717) is 51.8 Å². The summed E-state index contributed by atoms with van der Waals surface area (Å²) in [5.41, 5.74) is 5.93. The van der Waals surface area contributed by atoms with Crippen LogP contribution in [0.2, 0.25) is 0 Å². The summed E-state index contributed by atoms with van der Waals surface area (Å²) in [6.45, 7) is 5.04. The highest BCUT2D eigenvalue weighted by molar-refractivity contribution is 5.77. The molecule has 3 rings (SSSR count). The third kappa shape index (κ3) is 6.10. The van der Waals surface area contributed by atoms with Crippen LogP contribution in [0.4, 0.5) is 18.0 Å². The van der Waals surface area contributed by atoms with E-state index in [0.717, 1.165) is 19.2 Å². The third-order valence-electron chi connectivity index (χ3n) is 5.90. The monoisotopic (exact) mass is 441 g/mol. The van der Waals surface area contributed by atoms with Gasteiger partial charge in [-0.1, -0.05) is 0 Å². The Labute approximate surface area is 180 Å². The second-order valence-electron chi connectivity index (χ2n) is 8.32. The largest absolute Gasteiger partial charge is 0.341 e. The number of carbonyl (C=O) groups excluding carboxylic acids is 2. The molecule has 0 aromatic heterocycles. The van der Waals surface area contributed by atoms with Gasteiger partial charge in [0.25, 0.3) is 0 Å². The van der Waals surface area contributed by atoms with Crippen molar-refractivity contribution in [2.45, 2.75) is 25.3 Å². The van der Waals surface area contributed by atoms with Crippen LogP contribution in [0.25, 0.3) is 0 Å². The Kier molecular flexibility index (Phi) is 7.77. The van der Waals surface area contributed by atoms with Gasteiger partial charge in [0.1, 0.15) is 5.82 Å². The summed E-state index contributed by atoms with van der Waals surface area (Å²) in [4.78, 5) is 32.9. The minimum atomic E-state index is -1.26. The lowest BCUT2D eigenvalue weighted by Crippen LogP contribution is -2.52. The number of carbonyl (C=O) groups is 2. The molecule has 0 aliphatic carbocycles. The maximum absolute atomic E-state index is 13.8. The number of urea groups is 1. The Morgan fingerprint density at radius 2 is 1.42 bits per heavy atom. The molecule has 2 aliphatic rings. The van der Waals surface area contributed by atoms with Gasteiger partial charge in [0.15, 0.2) is 11.6 Å². The molecule has 0 unspecified atom stereocenters. The van der Waals surface area contributed by atoms with Crippen LogP contribution in [0.15, 0.2) is 12.1 Å². The molecule has 172 valence electrons. The molecule has 3 amide bonds. The highest BCUT2D eigenvalue weighted by Crippen LogP contribution is 2.17. The van der Waals surface area contributed by atoms with Gasteiger partial charge < -0.3 is 25.3 Å². The molecule has 0 saturated carbocycles. The van der Waals surface area contributed by atoms with Gasteiger partial charge in [-0.15, -0.1) is 0 Å². The molecule has 1 aromatic rings. The number of amides is 3. The Bertz CT molecular complexity index is 801. The maximum atomic E-state index is 13.8. The van der Waals surface area contributed by atoms with E-state index in [-0.39, 0.29) is 30.3 Å². The molecule has 0 bridgehead atoms. The summed E-state index contributed by atoms with van der Waals surface area (Å²) in [6, 6.07) is 0.550. The van der Waals surface area contributed by atoms with Crippen LogP contribution in [0.5, 0.6) is 0 Å². The van der Waals surface area contributed by atoms with Crippen molar-refractivity contribution in [2.24, 2.45) is 5.73 Å². The molecule has 1 atom stereocenters. The van der Waals surface area contributed by atoms with Crippen LogP contribution in [0.1, 0.15) is 18.4 Å². The molecule has 7 nitrogen and oxygen atoms in total. The van der Waals surface area contributed by atoms with Crippen molar-refractivity contribution in [1.29, 1.82) is 0 Å². The second-order valence-corrected chi connectivity index (χ2v) is 8.32. The predicted octanol–water partition coefficient (Wildman–Crippen LogP) is 1.27. The van der Waals surface area contributed by atoms with Gasteiger partial charge >= 0.3 is 6.03 Å². The number of likely N-dealkylation sites (N-methyl/N-ethyl adjacent to an activating group) is 1. The van der Waals surface area contributed by atoms with E-state index in [9.17, 15) is 22.8 Å². The summed E-state index contributed by atoms with van der Waals surface area (Å²) >= 11 is 0.